The summed E-state index contributed by atoms with van der Waals surface area (Å²) in [7, 11) is 0. The van der Waals surface area contributed by atoms with Crippen molar-refractivity contribution < 1.29 is 23.9 Å². The highest BCUT2D eigenvalue weighted by Gasteiger charge is 2.32. The summed E-state index contributed by atoms with van der Waals surface area (Å²) < 4.78 is 10.7. The first-order chi connectivity index (χ1) is 12.2. The number of Topliss-reactive ketones (excluding diaryl/α,β-unsaturated/α-hetero) is 1. The lowest BCUT2D eigenvalue weighted by Gasteiger charge is -2.28. The predicted molar refractivity (Wildman–Crippen MR) is 102 cm³/mol. The number of carbonyl (C=O) groups excluding carboxylic acids is 3. The van der Waals surface area contributed by atoms with Gasteiger partial charge in [0.1, 0.15) is 11.2 Å². The van der Waals surface area contributed by atoms with Crippen LogP contribution in [-0.2, 0) is 16.0 Å². The van der Waals surface area contributed by atoms with Crippen molar-refractivity contribution in [3.05, 3.63) is 29.1 Å². The summed E-state index contributed by atoms with van der Waals surface area (Å²) in [6.07, 6.45) is 0.171. The molecule has 0 N–H and O–H groups in total. The van der Waals surface area contributed by atoms with Crippen molar-refractivity contribution >= 4 is 18.0 Å². The number of hydrogen-bond acceptors (Lipinski definition) is 6. The van der Waals surface area contributed by atoms with Crippen molar-refractivity contribution in [3.63, 3.8) is 0 Å². The molecule has 1 aromatic heterocycles. The Kier molecular flexibility index (Phi) is 7.11. The third-order valence-electron chi connectivity index (χ3n) is 3.26. The van der Waals surface area contributed by atoms with Gasteiger partial charge in [0.05, 0.1) is 12.2 Å². The summed E-state index contributed by atoms with van der Waals surface area (Å²) in [4.78, 5) is 42.6. The van der Waals surface area contributed by atoms with E-state index in [0.717, 1.165) is 10.5 Å². The lowest BCUT2D eigenvalue weighted by atomic mass is 10.0. The molecule has 0 spiro atoms. The second-order valence-electron chi connectivity index (χ2n) is 8.33. The summed E-state index contributed by atoms with van der Waals surface area (Å²) in [5.41, 5.74) is -0.0596. The van der Waals surface area contributed by atoms with E-state index in [1.807, 2.05) is 6.92 Å². The normalized spacial score (nSPS) is 11.7. The van der Waals surface area contributed by atoms with Gasteiger partial charge in [-0.3, -0.25) is 9.78 Å². The van der Waals surface area contributed by atoms with Crippen LogP contribution in [0.15, 0.2) is 12.3 Å². The number of nitrogens with zero attached hydrogens (tertiary/aromatic N) is 2. The van der Waals surface area contributed by atoms with Crippen LogP contribution in [0.5, 0.6) is 0 Å². The lowest BCUT2D eigenvalue weighted by Crippen LogP contribution is -2.43. The monoisotopic (exact) mass is 378 g/mol. The van der Waals surface area contributed by atoms with Crippen LogP contribution in [0.1, 0.15) is 76.5 Å². The van der Waals surface area contributed by atoms with Crippen LogP contribution in [0.3, 0.4) is 0 Å². The van der Waals surface area contributed by atoms with Gasteiger partial charge in [-0.15, -0.1) is 0 Å². The van der Waals surface area contributed by atoms with Gasteiger partial charge in [0.15, 0.2) is 5.78 Å². The molecule has 27 heavy (non-hydrogen) atoms. The standard InChI is InChI=1S/C20H30N2O5/c1-9-16(23)14-10-13(2)11-21-15(14)12-22(17(24)26-19(3,4)5)18(25)27-20(6,7)8/h10-11H,9,12H2,1-8H3. The molecule has 0 unspecified atom stereocenters. The molecule has 0 atom stereocenters. The Morgan fingerprint density at radius 1 is 1.00 bits per heavy atom. The molecule has 0 aliphatic carbocycles. The zero-order valence-corrected chi connectivity index (χ0v) is 17.5. The Morgan fingerprint density at radius 3 is 1.89 bits per heavy atom. The quantitative estimate of drug-likeness (QED) is 0.709. The van der Waals surface area contributed by atoms with Gasteiger partial charge in [0.25, 0.3) is 0 Å². The van der Waals surface area contributed by atoms with E-state index in [1.165, 1.54) is 0 Å². The van der Waals surface area contributed by atoms with Gasteiger partial charge in [-0.1, -0.05) is 6.92 Å². The minimum atomic E-state index is -0.853. The second kappa shape index (κ2) is 8.50. The first-order valence-electron chi connectivity index (χ1n) is 8.95. The van der Waals surface area contributed by atoms with Gasteiger partial charge in [-0.2, -0.15) is 0 Å². The number of amides is 2. The average Bonchev–Trinajstić information content (AvgIpc) is 2.49. The van der Waals surface area contributed by atoms with E-state index >= 15 is 0 Å². The number of ketones is 1. The summed E-state index contributed by atoms with van der Waals surface area (Å²) in [6, 6.07) is 1.70. The molecule has 7 heteroatoms. The molecule has 7 nitrogen and oxygen atoms in total. The summed E-state index contributed by atoms with van der Waals surface area (Å²) in [6.45, 7) is 13.6. The van der Waals surface area contributed by atoms with E-state index in [4.69, 9.17) is 9.47 Å². The fraction of sp³-hybridized carbons (Fsp3) is 0.600. The highest BCUT2D eigenvalue weighted by atomic mass is 16.6. The summed E-state index contributed by atoms with van der Waals surface area (Å²) in [5.74, 6) is -0.116. The number of aryl methyl sites for hydroxylation is 1. The van der Waals surface area contributed by atoms with Crippen LogP contribution < -0.4 is 0 Å². The van der Waals surface area contributed by atoms with Crippen molar-refractivity contribution in [2.45, 2.75) is 79.6 Å². The number of rotatable bonds is 4. The number of hydrogen-bond donors (Lipinski definition) is 0. The molecule has 0 aliphatic heterocycles. The van der Waals surface area contributed by atoms with Gasteiger partial charge < -0.3 is 9.47 Å². The molecule has 1 heterocycles. The molecule has 150 valence electrons. The highest BCUT2D eigenvalue weighted by Crippen LogP contribution is 2.19. The third-order valence-corrected chi connectivity index (χ3v) is 3.26. The van der Waals surface area contributed by atoms with Gasteiger partial charge >= 0.3 is 12.2 Å². The van der Waals surface area contributed by atoms with Gasteiger partial charge in [0, 0.05) is 18.2 Å². The van der Waals surface area contributed by atoms with Gasteiger partial charge in [0.2, 0.25) is 0 Å². The molecule has 0 bridgehead atoms. The zero-order chi connectivity index (χ0) is 21.0. The van der Waals surface area contributed by atoms with Gasteiger partial charge in [-0.05, 0) is 60.1 Å². The molecule has 1 aromatic rings. The fourth-order valence-electron chi connectivity index (χ4n) is 2.14. The molecule has 0 saturated carbocycles. The van der Waals surface area contributed by atoms with Crippen molar-refractivity contribution in [1.82, 2.24) is 9.88 Å². The number of pyridine rings is 1. The van der Waals surface area contributed by atoms with Crippen molar-refractivity contribution in [2.75, 3.05) is 0 Å². The molecule has 0 radical (unpaired) electrons. The molecule has 1 rings (SSSR count). The first kappa shape index (κ1) is 22.6. The van der Waals surface area contributed by atoms with E-state index < -0.39 is 23.4 Å². The summed E-state index contributed by atoms with van der Waals surface area (Å²) >= 11 is 0. The molecule has 0 aromatic carbocycles. The Labute approximate surface area is 161 Å². The van der Waals surface area contributed by atoms with Crippen LogP contribution in [0, 0.1) is 6.92 Å². The molecule has 0 saturated heterocycles. The Hall–Kier alpha value is -2.44. The summed E-state index contributed by atoms with van der Waals surface area (Å²) in [5, 5.41) is 0. The predicted octanol–water partition coefficient (Wildman–Crippen LogP) is 4.65. The van der Waals surface area contributed by atoms with Crippen LogP contribution in [0.25, 0.3) is 0 Å². The van der Waals surface area contributed by atoms with E-state index in [1.54, 1.807) is 60.7 Å². The smallest absolute Gasteiger partial charge is 0.420 e. The van der Waals surface area contributed by atoms with Crippen LogP contribution >= 0.6 is 0 Å². The number of aromatic nitrogens is 1. The Morgan fingerprint density at radius 2 is 1.48 bits per heavy atom. The van der Waals surface area contributed by atoms with E-state index in [2.05, 4.69) is 4.98 Å². The third kappa shape index (κ3) is 7.37. The lowest BCUT2D eigenvalue weighted by molar-refractivity contribution is -0.000571. The molecule has 0 fully saturated rings. The maximum atomic E-state index is 12.6. The molecule has 2 amide bonds. The van der Waals surface area contributed by atoms with E-state index in [9.17, 15) is 14.4 Å². The van der Waals surface area contributed by atoms with Crippen molar-refractivity contribution in [2.24, 2.45) is 0 Å². The molecule has 0 aliphatic rings. The SMILES string of the molecule is CCC(=O)c1cc(C)cnc1CN(C(=O)OC(C)(C)C)C(=O)OC(C)(C)C. The van der Waals surface area contributed by atoms with E-state index in [0.29, 0.717) is 11.3 Å². The van der Waals surface area contributed by atoms with Crippen LogP contribution in [-0.4, -0.2) is 39.1 Å². The van der Waals surface area contributed by atoms with Crippen LogP contribution in [0.4, 0.5) is 9.59 Å². The highest BCUT2D eigenvalue weighted by molar-refractivity contribution is 5.97. The van der Waals surface area contributed by atoms with Crippen molar-refractivity contribution in [3.8, 4) is 0 Å². The topological polar surface area (TPSA) is 85.8 Å². The average molecular weight is 378 g/mol. The first-order valence-corrected chi connectivity index (χ1v) is 8.95. The van der Waals surface area contributed by atoms with Gasteiger partial charge in [-0.25, -0.2) is 14.5 Å². The zero-order valence-electron chi connectivity index (χ0n) is 17.5. The maximum absolute atomic E-state index is 12.6. The second-order valence-corrected chi connectivity index (χ2v) is 8.33. The number of imide groups is 1. The maximum Gasteiger partial charge on any atom is 0.420 e. The van der Waals surface area contributed by atoms with E-state index in [-0.39, 0.29) is 18.7 Å². The fourth-order valence-corrected chi connectivity index (χ4v) is 2.14. The largest absolute Gasteiger partial charge is 0.443 e. The minimum absolute atomic E-state index is 0.116. The Balaban J connectivity index is 3.27. The minimum Gasteiger partial charge on any atom is -0.443 e. The molecular formula is C20H30N2O5. The van der Waals surface area contributed by atoms with Crippen LogP contribution in [0.2, 0.25) is 0 Å². The number of carbonyl (C=O) groups is 3. The molecular weight excluding hydrogens is 348 g/mol. The van der Waals surface area contributed by atoms with Crippen molar-refractivity contribution in [1.29, 1.82) is 0 Å². The number of ether oxygens (including phenoxy) is 2. The Bertz CT molecular complexity index is 686.